The average Bonchev–Trinajstić information content (AvgIpc) is 2.65. The van der Waals surface area contributed by atoms with E-state index in [0.717, 1.165) is 17.7 Å². The normalized spacial score (nSPS) is 10.4. The van der Waals surface area contributed by atoms with Crippen molar-refractivity contribution >= 4 is 46.4 Å². The lowest BCUT2D eigenvalue weighted by atomic mass is 10.1. The van der Waals surface area contributed by atoms with Gasteiger partial charge in [0.25, 0.3) is 5.91 Å². The summed E-state index contributed by atoms with van der Waals surface area (Å²) in [5, 5.41) is 6.84. The summed E-state index contributed by atoms with van der Waals surface area (Å²) in [6.07, 6.45) is 2.34. The third-order valence-electron chi connectivity index (χ3n) is 3.71. The van der Waals surface area contributed by atoms with Crippen molar-refractivity contribution in [2.24, 2.45) is 0 Å². The van der Waals surface area contributed by atoms with E-state index < -0.39 is 0 Å². The first-order valence-electron chi connectivity index (χ1n) is 8.01. The van der Waals surface area contributed by atoms with Gasteiger partial charge in [-0.05, 0) is 42.3 Å². The number of hydrogen-bond donors (Lipinski definition) is 2. The van der Waals surface area contributed by atoms with Crippen LogP contribution < -0.4 is 10.6 Å². The smallest absolute Gasteiger partial charge is 0.274 e. The Kier molecular flexibility index (Phi) is 5.71. The van der Waals surface area contributed by atoms with Crippen LogP contribution in [0.4, 0.5) is 17.3 Å². The van der Waals surface area contributed by atoms with Crippen LogP contribution in [0.25, 0.3) is 0 Å². The molecule has 5 nitrogen and oxygen atoms in total. The summed E-state index contributed by atoms with van der Waals surface area (Å²) in [5.74, 6) is -0.0378. The Morgan fingerprint density at radius 2 is 1.88 bits per heavy atom. The molecule has 0 saturated carbocycles. The summed E-state index contributed by atoms with van der Waals surface area (Å²) in [4.78, 5) is 20.9. The van der Waals surface area contributed by atoms with Crippen LogP contribution in [-0.2, 0) is 6.42 Å². The van der Waals surface area contributed by atoms with Crippen LogP contribution >= 0.6 is 23.2 Å². The summed E-state index contributed by atoms with van der Waals surface area (Å²) in [6, 6.07) is 14.3. The number of rotatable bonds is 5. The van der Waals surface area contributed by atoms with Crippen LogP contribution in [0.3, 0.4) is 0 Å². The molecule has 0 atom stereocenters. The molecule has 2 aromatic carbocycles. The van der Waals surface area contributed by atoms with Gasteiger partial charge in [0.05, 0.1) is 10.7 Å². The van der Waals surface area contributed by atoms with Crippen LogP contribution in [0, 0.1) is 0 Å². The van der Waals surface area contributed by atoms with E-state index in [9.17, 15) is 4.79 Å². The molecule has 132 valence electrons. The molecule has 3 rings (SSSR count). The van der Waals surface area contributed by atoms with E-state index >= 15 is 0 Å². The highest BCUT2D eigenvalue weighted by Gasteiger charge is 2.12. The zero-order valence-electron chi connectivity index (χ0n) is 14.0. The number of benzene rings is 2. The number of para-hydroxylation sites is 1. The second-order valence-corrected chi connectivity index (χ2v) is 6.32. The van der Waals surface area contributed by atoms with E-state index in [4.69, 9.17) is 23.2 Å². The Bertz CT molecular complexity index is 946. The lowest BCUT2D eigenvalue weighted by molar-refractivity contribution is 0.102. The van der Waals surface area contributed by atoms with E-state index in [0.29, 0.717) is 15.7 Å². The van der Waals surface area contributed by atoms with Crippen molar-refractivity contribution in [3.8, 4) is 0 Å². The Hall–Kier alpha value is -2.63. The van der Waals surface area contributed by atoms with Gasteiger partial charge >= 0.3 is 0 Å². The number of nitrogens with zero attached hydrogens (tertiary/aromatic N) is 2. The van der Waals surface area contributed by atoms with Crippen molar-refractivity contribution in [3.63, 3.8) is 0 Å². The fraction of sp³-hybridized carbons (Fsp3) is 0.105. The van der Waals surface area contributed by atoms with E-state index in [1.54, 1.807) is 24.3 Å². The molecular formula is C19H16Cl2N4O. The summed E-state index contributed by atoms with van der Waals surface area (Å²) in [5.41, 5.74) is 2.68. The van der Waals surface area contributed by atoms with Crippen LogP contribution in [0.5, 0.6) is 0 Å². The number of aryl methyl sites for hydroxylation is 1. The van der Waals surface area contributed by atoms with Gasteiger partial charge in [0, 0.05) is 16.9 Å². The molecule has 7 heteroatoms. The van der Waals surface area contributed by atoms with Crippen LogP contribution in [0.2, 0.25) is 10.0 Å². The van der Waals surface area contributed by atoms with Gasteiger partial charge in [-0.15, -0.1) is 0 Å². The molecule has 0 aliphatic carbocycles. The van der Waals surface area contributed by atoms with Gasteiger partial charge in [-0.2, -0.15) is 0 Å². The molecule has 0 radical (unpaired) electrons. The molecule has 0 saturated heterocycles. The molecule has 26 heavy (non-hydrogen) atoms. The van der Waals surface area contributed by atoms with Gasteiger partial charge in [0.1, 0.15) is 5.69 Å². The van der Waals surface area contributed by atoms with E-state index in [-0.39, 0.29) is 17.5 Å². The predicted molar refractivity (Wildman–Crippen MR) is 106 cm³/mol. The van der Waals surface area contributed by atoms with E-state index in [1.807, 2.05) is 31.2 Å². The number of amides is 1. The first-order valence-corrected chi connectivity index (χ1v) is 8.77. The number of anilines is 3. The van der Waals surface area contributed by atoms with Crippen LogP contribution in [0.1, 0.15) is 23.0 Å². The maximum absolute atomic E-state index is 12.5. The van der Waals surface area contributed by atoms with Gasteiger partial charge in [-0.25, -0.2) is 9.97 Å². The van der Waals surface area contributed by atoms with E-state index in [1.165, 1.54) is 6.20 Å². The largest absolute Gasteiger partial charge is 0.323 e. The highest BCUT2D eigenvalue weighted by Crippen LogP contribution is 2.27. The van der Waals surface area contributed by atoms with E-state index in [2.05, 4.69) is 20.6 Å². The summed E-state index contributed by atoms with van der Waals surface area (Å²) >= 11 is 12.0. The molecule has 2 N–H and O–H groups in total. The van der Waals surface area contributed by atoms with Crippen molar-refractivity contribution in [2.75, 3.05) is 10.6 Å². The second-order valence-electron chi connectivity index (χ2n) is 5.48. The number of carbonyl (C=O) groups excluding carboxylic acids is 1. The zero-order valence-corrected chi connectivity index (χ0v) is 15.5. The molecule has 0 aliphatic heterocycles. The SMILES string of the molecule is CCc1ccccc1NC(=O)c1ccnc(Nc2ccc(Cl)cc2Cl)n1. The summed E-state index contributed by atoms with van der Waals surface area (Å²) in [7, 11) is 0. The highest BCUT2D eigenvalue weighted by atomic mass is 35.5. The van der Waals surface area contributed by atoms with Gasteiger partial charge in [0.2, 0.25) is 5.95 Å². The number of hydrogen-bond acceptors (Lipinski definition) is 4. The van der Waals surface area contributed by atoms with Gasteiger partial charge < -0.3 is 10.6 Å². The lowest BCUT2D eigenvalue weighted by Crippen LogP contribution is -2.15. The molecule has 1 aromatic heterocycles. The first-order chi connectivity index (χ1) is 12.6. The van der Waals surface area contributed by atoms with Gasteiger partial charge in [-0.1, -0.05) is 48.3 Å². The van der Waals surface area contributed by atoms with Gasteiger partial charge in [-0.3, -0.25) is 4.79 Å². The van der Waals surface area contributed by atoms with Crippen molar-refractivity contribution in [2.45, 2.75) is 13.3 Å². The quantitative estimate of drug-likeness (QED) is 0.620. The van der Waals surface area contributed by atoms with Crippen LogP contribution in [0.15, 0.2) is 54.7 Å². The molecule has 1 amide bonds. The lowest BCUT2D eigenvalue weighted by Gasteiger charge is -2.10. The number of nitrogens with one attached hydrogen (secondary N) is 2. The van der Waals surface area contributed by atoms with Gasteiger partial charge in [0.15, 0.2) is 0 Å². The number of carbonyl (C=O) groups is 1. The zero-order chi connectivity index (χ0) is 18.5. The minimum absolute atomic E-state index is 0.249. The average molecular weight is 387 g/mol. The highest BCUT2D eigenvalue weighted by molar-refractivity contribution is 6.36. The maximum atomic E-state index is 12.5. The maximum Gasteiger partial charge on any atom is 0.274 e. The standard InChI is InChI=1S/C19H16Cl2N4O/c1-2-12-5-3-4-6-15(12)23-18(26)17-9-10-22-19(25-17)24-16-8-7-13(20)11-14(16)21/h3-11H,2H2,1H3,(H,23,26)(H,22,24,25). The molecule has 0 bridgehead atoms. The van der Waals surface area contributed by atoms with Crippen LogP contribution in [-0.4, -0.2) is 15.9 Å². The van der Waals surface area contributed by atoms with Crippen molar-refractivity contribution in [3.05, 3.63) is 76.0 Å². The fourth-order valence-electron chi connectivity index (χ4n) is 2.39. The third kappa shape index (κ3) is 4.31. The Morgan fingerprint density at radius 1 is 1.08 bits per heavy atom. The topological polar surface area (TPSA) is 66.9 Å². The molecule has 3 aromatic rings. The molecule has 0 unspecified atom stereocenters. The fourth-order valence-corrected chi connectivity index (χ4v) is 2.85. The van der Waals surface area contributed by atoms with Crippen molar-refractivity contribution in [1.82, 2.24) is 9.97 Å². The van der Waals surface area contributed by atoms with Crippen molar-refractivity contribution < 1.29 is 4.79 Å². The number of halogens is 2. The molecule has 0 aliphatic rings. The number of aromatic nitrogens is 2. The summed E-state index contributed by atoms with van der Waals surface area (Å²) in [6.45, 7) is 2.04. The van der Waals surface area contributed by atoms with Crippen molar-refractivity contribution in [1.29, 1.82) is 0 Å². The summed E-state index contributed by atoms with van der Waals surface area (Å²) < 4.78 is 0. The third-order valence-corrected chi connectivity index (χ3v) is 4.26. The first kappa shape index (κ1) is 18.2. The molecular weight excluding hydrogens is 371 g/mol. The Balaban J connectivity index is 1.79. The monoisotopic (exact) mass is 386 g/mol. The minimum Gasteiger partial charge on any atom is -0.323 e. The second kappa shape index (κ2) is 8.17. The minimum atomic E-state index is -0.307. The predicted octanol–water partition coefficient (Wildman–Crippen LogP) is 5.34. The Labute approximate surface area is 161 Å². The Morgan fingerprint density at radius 3 is 2.65 bits per heavy atom. The molecule has 0 fully saturated rings. The molecule has 0 spiro atoms. The molecule has 1 heterocycles.